The van der Waals surface area contributed by atoms with Crippen molar-refractivity contribution in [3.63, 3.8) is 0 Å². The minimum Gasteiger partial charge on any atom is -0.473 e. The zero-order valence-electron chi connectivity index (χ0n) is 20.6. The average Bonchev–Trinajstić information content (AvgIpc) is 2.89. The molecule has 2 aromatic rings. The first kappa shape index (κ1) is 26.9. The van der Waals surface area contributed by atoms with Gasteiger partial charge in [0, 0.05) is 31.1 Å². The second-order valence-electron chi connectivity index (χ2n) is 8.63. The maximum Gasteiger partial charge on any atom is 0.436 e. The summed E-state index contributed by atoms with van der Waals surface area (Å²) in [6, 6.07) is 18.1. The molecule has 0 saturated carbocycles. The molecule has 9 nitrogen and oxygen atoms in total. The number of piperidine rings is 1. The Hall–Kier alpha value is -3.72. The Morgan fingerprint density at radius 1 is 1.03 bits per heavy atom. The highest BCUT2D eigenvalue weighted by atomic mass is 16.7. The Morgan fingerprint density at radius 3 is 2.25 bits per heavy atom. The third-order valence-corrected chi connectivity index (χ3v) is 6.36. The van der Waals surface area contributed by atoms with Crippen molar-refractivity contribution in [3.8, 4) is 0 Å². The minimum atomic E-state index is -1.70. The molecule has 3 rings (SSSR count). The summed E-state index contributed by atoms with van der Waals surface area (Å²) >= 11 is 0. The first-order valence-electron chi connectivity index (χ1n) is 12.1. The van der Waals surface area contributed by atoms with Crippen LogP contribution in [0.15, 0.2) is 60.7 Å². The number of hydrogen-bond donors (Lipinski definition) is 1. The van der Waals surface area contributed by atoms with Gasteiger partial charge in [0.05, 0.1) is 6.61 Å². The van der Waals surface area contributed by atoms with Gasteiger partial charge in [-0.25, -0.2) is 14.4 Å². The van der Waals surface area contributed by atoms with Crippen molar-refractivity contribution in [1.82, 2.24) is 5.06 Å². The maximum atomic E-state index is 13.6. The van der Waals surface area contributed by atoms with E-state index in [1.54, 1.807) is 38.1 Å². The molecule has 2 unspecified atom stereocenters. The molecule has 36 heavy (non-hydrogen) atoms. The van der Waals surface area contributed by atoms with E-state index in [4.69, 9.17) is 14.7 Å². The fourth-order valence-corrected chi connectivity index (χ4v) is 4.67. The summed E-state index contributed by atoms with van der Waals surface area (Å²) in [5.74, 6) is -3.88. The molecule has 192 valence electrons. The molecule has 1 fully saturated rings. The Balaban J connectivity index is 2.02. The zero-order chi connectivity index (χ0) is 26.1. The summed E-state index contributed by atoms with van der Waals surface area (Å²) in [5, 5.41) is 10.4. The van der Waals surface area contributed by atoms with Crippen LogP contribution in [0.1, 0.15) is 45.1 Å². The van der Waals surface area contributed by atoms with Gasteiger partial charge < -0.3 is 14.7 Å². The van der Waals surface area contributed by atoms with E-state index < -0.39 is 29.5 Å². The van der Waals surface area contributed by atoms with Crippen LogP contribution in [-0.4, -0.2) is 58.7 Å². The van der Waals surface area contributed by atoms with E-state index in [1.807, 2.05) is 36.4 Å². The molecular formula is C27H32N2O7. The van der Waals surface area contributed by atoms with Gasteiger partial charge in [0.25, 0.3) is 0 Å². The third kappa shape index (κ3) is 6.09. The van der Waals surface area contributed by atoms with Crippen LogP contribution >= 0.6 is 0 Å². The molecule has 1 heterocycles. The number of aliphatic carboxylic acids is 1. The van der Waals surface area contributed by atoms with Crippen LogP contribution in [0.3, 0.4) is 0 Å². The number of benzene rings is 2. The van der Waals surface area contributed by atoms with Crippen LogP contribution in [0.2, 0.25) is 0 Å². The number of aryl methyl sites for hydroxylation is 1. The van der Waals surface area contributed by atoms with Gasteiger partial charge in [-0.15, -0.1) is 5.06 Å². The number of rotatable bonds is 9. The van der Waals surface area contributed by atoms with E-state index in [0.29, 0.717) is 18.5 Å². The first-order chi connectivity index (χ1) is 17.3. The van der Waals surface area contributed by atoms with Crippen LogP contribution < -0.4 is 4.90 Å². The van der Waals surface area contributed by atoms with Gasteiger partial charge in [0.1, 0.15) is 5.54 Å². The van der Waals surface area contributed by atoms with Crippen LogP contribution in [0.4, 0.5) is 5.69 Å². The zero-order valence-corrected chi connectivity index (χ0v) is 20.6. The number of ether oxygens (including phenoxy) is 1. The Morgan fingerprint density at radius 2 is 1.67 bits per heavy atom. The monoisotopic (exact) mass is 496 g/mol. The van der Waals surface area contributed by atoms with E-state index in [1.165, 1.54) is 9.96 Å². The van der Waals surface area contributed by atoms with Gasteiger partial charge in [-0.3, -0.25) is 9.69 Å². The number of amides is 1. The number of hydroxylamine groups is 2. The molecule has 9 heteroatoms. The van der Waals surface area contributed by atoms with E-state index in [0.717, 1.165) is 5.56 Å². The van der Waals surface area contributed by atoms with Gasteiger partial charge >= 0.3 is 17.9 Å². The summed E-state index contributed by atoms with van der Waals surface area (Å²) in [5.41, 5.74) is 0.256. The van der Waals surface area contributed by atoms with Crippen molar-refractivity contribution in [1.29, 1.82) is 0 Å². The fourth-order valence-electron chi connectivity index (χ4n) is 4.67. The molecule has 1 aliphatic heterocycles. The number of carboxylic acid groups (broad SMARTS) is 1. The van der Waals surface area contributed by atoms with Crippen LogP contribution in [0.5, 0.6) is 0 Å². The topological polar surface area (TPSA) is 113 Å². The largest absolute Gasteiger partial charge is 0.473 e. The second-order valence-corrected chi connectivity index (χ2v) is 8.63. The molecule has 0 bridgehead atoms. The van der Waals surface area contributed by atoms with E-state index in [2.05, 4.69) is 0 Å². The third-order valence-electron chi connectivity index (χ3n) is 6.36. The lowest BCUT2D eigenvalue weighted by molar-refractivity contribution is -0.218. The highest BCUT2D eigenvalue weighted by Gasteiger charge is 2.53. The summed E-state index contributed by atoms with van der Waals surface area (Å²) in [6.07, 6.45) is 1.43. The normalized spacial score (nSPS) is 19.8. The maximum absolute atomic E-state index is 13.6. The number of para-hydroxylation sites is 1. The van der Waals surface area contributed by atoms with Gasteiger partial charge in [0.2, 0.25) is 5.91 Å². The van der Waals surface area contributed by atoms with Crippen molar-refractivity contribution in [2.45, 2.75) is 57.5 Å². The lowest BCUT2D eigenvalue weighted by Gasteiger charge is -2.49. The number of carbonyl (C=O) groups is 4. The van der Waals surface area contributed by atoms with Crippen molar-refractivity contribution in [2.24, 2.45) is 0 Å². The summed E-state index contributed by atoms with van der Waals surface area (Å²) < 4.78 is 5.49. The minimum absolute atomic E-state index is 0.0532. The van der Waals surface area contributed by atoms with Crippen molar-refractivity contribution in [3.05, 3.63) is 66.2 Å². The molecule has 0 aliphatic carbocycles. The quantitative estimate of drug-likeness (QED) is 0.415. The predicted octanol–water partition coefficient (Wildman–Crippen LogP) is 3.37. The average molecular weight is 497 g/mol. The number of esters is 1. The lowest BCUT2D eigenvalue weighted by atomic mass is 9.79. The lowest BCUT2D eigenvalue weighted by Crippen LogP contribution is -2.65. The number of carbonyl (C=O) groups excluding carboxylic acids is 3. The molecule has 1 amide bonds. The predicted molar refractivity (Wildman–Crippen MR) is 132 cm³/mol. The summed E-state index contributed by atoms with van der Waals surface area (Å²) in [7, 11) is 0. The van der Waals surface area contributed by atoms with Crippen molar-refractivity contribution >= 4 is 29.5 Å². The van der Waals surface area contributed by atoms with Gasteiger partial charge in [0.15, 0.2) is 0 Å². The number of anilines is 1. The molecular weight excluding hydrogens is 464 g/mol. The second kappa shape index (κ2) is 12.3. The summed E-state index contributed by atoms with van der Waals surface area (Å²) in [6.45, 7) is 3.62. The highest BCUT2D eigenvalue weighted by molar-refractivity contribution is 6.28. The standard InChI is InChI=1S/C27H32N2O7/c1-3-23(30)29(21-13-9-6-10-14-21)27(26(34)35-4-2)17-18-28(36-25(33)24(31)32)22(19-27)16-15-20-11-7-5-8-12-20/h5-14,22H,3-4,15-19H2,1-2H3,(H,31,32). The van der Waals surface area contributed by atoms with Gasteiger partial charge in [-0.1, -0.05) is 55.5 Å². The Kier molecular flexibility index (Phi) is 9.19. The molecule has 2 aromatic carbocycles. The van der Waals surface area contributed by atoms with Gasteiger partial charge in [-0.2, -0.15) is 0 Å². The molecule has 2 atom stereocenters. The molecule has 1 saturated heterocycles. The van der Waals surface area contributed by atoms with E-state index in [-0.39, 0.29) is 38.3 Å². The summed E-state index contributed by atoms with van der Waals surface area (Å²) in [4.78, 5) is 56.7. The SMILES string of the molecule is CCOC(=O)C1(N(C(=O)CC)c2ccccc2)CCN(OC(=O)C(=O)O)C(CCc2ccccc2)C1. The van der Waals surface area contributed by atoms with E-state index in [9.17, 15) is 19.2 Å². The van der Waals surface area contributed by atoms with Gasteiger partial charge in [-0.05, 0) is 43.9 Å². The number of carboxylic acids is 1. The molecule has 0 aromatic heterocycles. The van der Waals surface area contributed by atoms with Crippen LogP contribution in [0.25, 0.3) is 0 Å². The molecule has 0 spiro atoms. The van der Waals surface area contributed by atoms with E-state index >= 15 is 0 Å². The Labute approximate surface area is 210 Å². The van der Waals surface area contributed by atoms with Crippen molar-refractivity contribution in [2.75, 3.05) is 18.1 Å². The number of nitrogens with zero attached hydrogens (tertiary/aromatic N) is 2. The Bertz CT molecular complexity index is 1060. The molecule has 1 aliphatic rings. The van der Waals surface area contributed by atoms with Crippen molar-refractivity contribution < 1.29 is 33.9 Å². The fraction of sp³-hybridized carbons (Fsp3) is 0.407. The smallest absolute Gasteiger partial charge is 0.436 e. The first-order valence-corrected chi connectivity index (χ1v) is 12.1. The highest BCUT2D eigenvalue weighted by Crippen LogP contribution is 2.39. The molecule has 1 N–H and O–H groups in total. The van der Waals surface area contributed by atoms with Crippen LogP contribution in [-0.2, 0) is 35.2 Å². The molecule has 0 radical (unpaired) electrons. The van der Waals surface area contributed by atoms with Crippen LogP contribution in [0, 0.1) is 0 Å². The number of hydrogen-bond acceptors (Lipinski definition) is 7.